The van der Waals surface area contributed by atoms with Crippen LogP contribution in [-0.2, 0) is 4.79 Å². The number of anilines is 1. The lowest BCUT2D eigenvalue weighted by Gasteiger charge is -2.27. The molecule has 1 aliphatic heterocycles. The van der Waals surface area contributed by atoms with Crippen molar-refractivity contribution in [1.82, 2.24) is 10.2 Å². The monoisotopic (exact) mass is 481 g/mol. The van der Waals surface area contributed by atoms with Crippen molar-refractivity contribution in [2.24, 2.45) is 11.8 Å². The average Bonchev–Trinajstić information content (AvgIpc) is 2.76. The zero-order valence-corrected chi connectivity index (χ0v) is 21.2. The normalized spacial score (nSPS) is 16.5. The van der Waals surface area contributed by atoms with Crippen LogP contribution in [0.4, 0.5) is 5.69 Å². The predicted octanol–water partition coefficient (Wildman–Crippen LogP) is 5.69. The number of carbonyl (C=O) groups excluding carboxylic acids is 1. The van der Waals surface area contributed by atoms with Gasteiger partial charge in [-0.05, 0) is 47.8 Å². The summed E-state index contributed by atoms with van der Waals surface area (Å²) in [5.41, 5.74) is 7.43. The Hall–Kier alpha value is -1.08. The minimum absolute atomic E-state index is 0.0218. The molecule has 2 atom stereocenters. The van der Waals surface area contributed by atoms with Crippen LogP contribution >= 0.6 is 35.1 Å². The Bertz CT molecular complexity index is 765. The van der Waals surface area contributed by atoms with Crippen molar-refractivity contribution in [3.63, 3.8) is 0 Å². The summed E-state index contributed by atoms with van der Waals surface area (Å²) in [7, 11) is 0. The number of nitrogens with two attached hydrogens (primary N) is 1. The van der Waals surface area contributed by atoms with Gasteiger partial charge >= 0.3 is 0 Å². The number of hydrogen-bond donors (Lipinski definition) is 2. The van der Waals surface area contributed by atoms with E-state index in [1.165, 1.54) is 0 Å². The second-order valence-electron chi connectivity index (χ2n) is 8.21. The van der Waals surface area contributed by atoms with E-state index in [1.807, 2.05) is 23.9 Å². The second kappa shape index (κ2) is 13.5. The largest absolute Gasteiger partial charge is 0.398 e. The molecule has 1 amide bonds. The maximum Gasteiger partial charge on any atom is 0.247 e. The Kier molecular flexibility index (Phi) is 11.4. The summed E-state index contributed by atoms with van der Waals surface area (Å²) in [4.78, 5) is 16.9. The van der Waals surface area contributed by atoms with Crippen LogP contribution in [0.15, 0.2) is 46.7 Å². The molecule has 1 fully saturated rings. The third-order valence-corrected chi connectivity index (χ3v) is 8.08. The molecule has 4 nitrogen and oxygen atoms in total. The fourth-order valence-electron chi connectivity index (χ4n) is 3.52. The molecule has 2 unspecified atom stereocenters. The number of benzene rings is 1. The number of nitrogen functional groups attached to an aromatic ring is 1. The maximum absolute atomic E-state index is 12.6. The van der Waals surface area contributed by atoms with Crippen molar-refractivity contribution < 1.29 is 4.79 Å². The van der Waals surface area contributed by atoms with Crippen molar-refractivity contribution in [2.45, 2.75) is 38.0 Å². The highest BCUT2D eigenvalue weighted by Crippen LogP contribution is 2.35. The summed E-state index contributed by atoms with van der Waals surface area (Å²) in [6, 6.07) is 5.50. The summed E-state index contributed by atoms with van der Waals surface area (Å²) in [5.74, 6) is 3.15. The molecule has 1 heterocycles. The van der Waals surface area contributed by atoms with Crippen LogP contribution in [0, 0.1) is 11.8 Å². The highest BCUT2D eigenvalue weighted by Gasteiger charge is 2.20. The molecular weight excluding hydrogens is 446 g/mol. The molecule has 0 bridgehead atoms. The average molecular weight is 482 g/mol. The molecule has 1 saturated heterocycles. The molecule has 1 aromatic rings. The van der Waals surface area contributed by atoms with Crippen LogP contribution in [0.1, 0.15) is 33.1 Å². The minimum atomic E-state index is -0.0218. The van der Waals surface area contributed by atoms with Crippen LogP contribution in [-0.4, -0.2) is 48.5 Å². The molecule has 2 rings (SSSR count). The Labute approximate surface area is 201 Å². The fraction of sp³-hybridized carbons (Fsp3) is 0.542. The van der Waals surface area contributed by atoms with E-state index in [2.05, 4.69) is 37.2 Å². The van der Waals surface area contributed by atoms with Crippen molar-refractivity contribution in [3.05, 3.63) is 46.9 Å². The van der Waals surface area contributed by atoms with E-state index < -0.39 is 0 Å². The third kappa shape index (κ3) is 9.13. The number of hydrogen-bond acceptors (Lipinski definition) is 5. The molecule has 0 radical (unpaired) electrons. The summed E-state index contributed by atoms with van der Waals surface area (Å²) >= 11 is 9.65. The molecule has 0 spiro atoms. The van der Waals surface area contributed by atoms with Gasteiger partial charge < -0.3 is 11.1 Å². The number of halogens is 1. The molecule has 3 N–H and O–H groups in total. The number of nitrogens with one attached hydrogen (secondary N) is 1. The Morgan fingerprint density at radius 1 is 1.35 bits per heavy atom. The molecule has 0 aromatic heterocycles. The Morgan fingerprint density at radius 2 is 2.06 bits per heavy atom. The van der Waals surface area contributed by atoms with Crippen LogP contribution in [0.3, 0.4) is 0 Å². The maximum atomic E-state index is 12.6. The molecule has 31 heavy (non-hydrogen) atoms. The fourth-order valence-corrected chi connectivity index (χ4v) is 5.64. The van der Waals surface area contributed by atoms with Gasteiger partial charge in [0.05, 0.1) is 0 Å². The molecule has 1 aliphatic rings. The number of rotatable bonds is 12. The highest BCUT2D eigenvalue weighted by atomic mass is 35.5. The molecule has 172 valence electrons. The van der Waals surface area contributed by atoms with Crippen LogP contribution < -0.4 is 11.1 Å². The topological polar surface area (TPSA) is 58.4 Å². The van der Waals surface area contributed by atoms with Gasteiger partial charge in [0.25, 0.3) is 0 Å². The standard InChI is InChI=1S/C24H36ClN3OS2/c1-5-17(2)20(7-6-19(4)31-23-14-21(25)8-9-22(23)26)15-27-24(29)18(3)16-28-10-12-30-13-11-28/h8-9,14,17,20H,3-7,10-13,15-16,26H2,1-2H3,(H,27,29). The Balaban J connectivity index is 1.82. The van der Waals surface area contributed by atoms with E-state index in [-0.39, 0.29) is 5.91 Å². The van der Waals surface area contributed by atoms with Gasteiger partial charge in [-0.25, -0.2) is 0 Å². The molecule has 7 heteroatoms. The van der Waals surface area contributed by atoms with Crippen LogP contribution in [0.2, 0.25) is 5.02 Å². The van der Waals surface area contributed by atoms with Crippen molar-refractivity contribution in [1.29, 1.82) is 0 Å². The van der Waals surface area contributed by atoms with E-state index in [4.69, 9.17) is 17.3 Å². The first-order valence-corrected chi connectivity index (χ1v) is 13.3. The van der Waals surface area contributed by atoms with E-state index in [1.54, 1.807) is 17.8 Å². The second-order valence-corrected chi connectivity index (χ2v) is 11.1. The molecule has 0 saturated carbocycles. The van der Waals surface area contributed by atoms with Crippen LogP contribution in [0.25, 0.3) is 0 Å². The van der Waals surface area contributed by atoms with Gasteiger partial charge in [-0.1, -0.05) is 56.8 Å². The van der Waals surface area contributed by atoms with Gasteiger partial charge in [0.2, 0.25) is 5.91 Å². The van der Waals surface area contributed by atoms with E-state index in [0.29, 0.717) is 41.2 Å². The first kappa shape index (κ1) is 26.2. The van der Waals surface area contributed by atoms with E-state index in [0.717, 1.165) is 53.7 Å². The first-order chi connectivity index (χ1) is 14.8. The number of nitrogens with zero attached hydrogens (tertiary/aromatic N) is 1. The number of allylic oxidation sites excluding steroid dienone is 1. The van der Waals surface area contributed by atoms with Gasteiger partial charge in [-0.15, -0.1) is 0 Å². The van der Waals surface area contributed by atoms with Crippen LogP contribution in [0.5, 0.6) is 0 Å². The summed E-state index contributed by atoms with van der Waals surface area (Å²) < 4.78 is 0. The van der Waals surface area contributed by atoms with Gasteiger partial charge in [0.15, 0.2) is 0 Å². The van der Waals surface area contributed by atoms with Crippen molar-refractivity contribution >= 4 is 46.7 Å². The molecular formula is C24H36ClN3OS2. The van der Waals surface area contributed by atoms with Gasteiger partial charge in [-0.2, -0.15) is 11.8 Å². The highest BCUT2D eigenvalue weighted by molar-refractivity contribution is 8.03. The van der Waals surface area contributed by atoms with Gasteiger partial charge in [-0.3, -0.25) is 9.69 Å². The third-order valence-electron chi connectivity index (χ3n) is 5.84. The number of carbonyl (C=O) groups is 1. The first-order valence-electron chi connectivity index (χ1n) is 11.0. The van der Waals surface area contributed by atoms with Crippen molar-refractivity contribution in [3.8, 4) is 0 Å². The van der Waals surface area contributed by atoms with E-state index >= 15 is 0 Å². The number of thioether (sulfide) groups is 2. The molecule has 0 aliphatic carbocycles. The lowest BCUT2D eigenvalue weighted by Crippen LogP contribution is -2.39. The number of amides is 1. The van der Waals surface area contributed by atoms with E-state index in [9.17, 15) is 4.79 Å². The smallest absolute Gasteiger partial charge is 0.247 e. The zero-order valence-electron chi connectivity index (χ0n) is 18.8. The SMILES string of the molecule is C=C(CCC(CNC(=O)C(=C)CN1CCSCC1)C(C)CC)Sc1cc(Cl)ccc1N. The predicted molar refractivity (Wildman–Crippen MR) is 139 cm³/mol. The lowest BCUT2D eigenvalue weighted by atomic mass is 9.87. The summed E-state index contributed by atoms with van der Waals surface area (Å²) in [6.07, 6.45) is 2.92. The quantitative estimate of drug-likeness (QED) is 0.228. The van der Waals surface area contributed by atoms with Gasteiger partial charge in [0, 0.05) is 58.9 Å². The zero-order chi connectivity index (χ0) is 22.8. The minimum Gasteiger partial charge on any atom is -0.398 e. The summed E-state index contributed by atoms with van der Waals surface area (Å²) in [5, 5.41) is 3.81. The van der Waals surface area contributed by atoms with Gasteiger partial charge in [0.1, 0.15) is 0 Å². The Morgan fingerprint density at radius 3 is 2.74 bits per heavy atom. The summed E-state index contributed by atoms with van der Waals surface area (Å²) in [6.45, 7) is 16.1. The van der Waals surface area contributed by atoms with Crippen molar-refractivity contribution in [2.75, 3.05) is 43.4 Å². The lowest BCUT2D eigenvalue weighted by molar-refractivity contribution is -0.118. The molecule has 1 aromatic carbocycles.